The van der Waals surface area contributed by atoms with Crippen LogP contribution in [0.3, 0.4) is 0 Å². The predicted molar refractivity (Wildman–Crippen MR) is 107 cm³/mol. The van der Waals surface area contributed by atoms with Gasteiger partial charge in [-0.15, -0.1) is 23.4 Å². The van der Waals surface area contributed by atoms with E-state index in [2.05, 4.69) is 30.6 Å². The second kappa shape index (κ2) is 9.82. The molecule has 1 aliphatic carbocycles. The number of nitrogens with one attached hydrogen (secondary N) is 2. The maximum absolute atomic E-state index is 12.7. The lowest BCUT2D eigenvalue weighted by atomic mass is 9.96. The van der Waals surface area contributed by atoms with E-state index < -0.39 is 6.36 Å². The fraction of sp³-hybridized carbons (Fsp3) is 0.550. The summed E-state index contributed by atoms with van der Waals surface area (Å²) in [6.07, 6.45) is 0.850. The summed E-state index contributed by atoms with van der Waals surface area (Å²) >= 11 is 0. The van der Waals surface area contributed by atoms with Crippen molar-refractivity contribution in [1.82, 2.24) is 25.4 Å². The molecule has 0 spiro atoms. The van der Waals surface area contributed by atoms with Crippen LogP contribution in [0.5, 0.6) is 5.75 Å². The van der Waals surface area contributed by atoms with Gasteiger partial charge < -0.3 is 19.9 Å². The summed E-state index contributed by atoms with van der Waals surface area (Å²) in [4.78, 5) is 4.52. The van der Waals surface area contributed by atoms with Gasteiger partial charge in [-0.2, -0.15) is 0 Å². The fourth-order valence-electron chi connectivity index (χ4n) is 3.38. The number of nitrogens with zero attached hydrogens (tertiary/aromatic N) is 4. The van der Waals surface area contributed by atoms with Crippen molar-refractivity contribution in [3.63, 3.8) is 0 Å². The Morgan fingerprint density at radius 2 is 1.93 bits per heavy atom. The molecule has 164 valence electrons. The molecule has 0 saturated heterocycles. The highest BCUT2D eigenvalue weighted by Gasteiger charge is 2.32. The van der Waals surface area contributed by atoms with Gasteiger partial charge in [-0.05, 0) is 25.8 Å². The van der Waals surface area contributed by atoms with Gasteiger partial charge in [-0.25, -0.2) is 4.99 Å². The number of hydrogen-bond donors (Lipinski definition) is 2. The molecule has 30 heavy (non-hydrogen) atoms. The minimum Gasteiger partial charge on any atom is -0.405 e. The molecule has 2 aromatic rings. The number of halogens is 3. The molecule has 0 radical (unpaired) electrons. The van der Waals surface area contributed by atoms with Gasteiger partial charge in [0.25, 0.3) is 0 Å². The molecule has 10 heteroatoms. The van der Waals surface area contributed by atoms with Crippen molar-refractivity contribution in [2.75, 3.05) is 0 Å². The first-order valence-corrected chi connectivity index (χ1v) is 10.0. The summed E-state index contributed by atoms with van der Waals surface area (Å²) in [6, 6.07) is 6.33. The highest BCUT2D eigenvalue weighted by molar-refractivity contribution is 5.80. The van der Waals surface area contributed by atoms with Crippen molar-refractivity contribution in [2.24, 2.45) is 12.0 Å². The van der Waals surface area contributed by atoms with E-state index in [9.17, 15) is 13.2 Å². The van der Waals surface area contributed by atoms with E-state index in [1.165, 1.54) is 18.6 Å². The molecule has 0 aliphatic heterocycles. The highest BCUT2D eigenvalue weighted by Crippen LogP contribution is 2.26. The molecule has 0 bridgehead atoms. The number of ether oxygens (including phenoxy) is 1. The first-order chi connectivity index (χ1) is 14.3. The average molecular weight is 424 g/mol. The number of aryl methyl sites for hydroxylation is 1. The average Bonchev–Trinajstić information content (AvgIpc) is 3.03. The molecule has 1 aromatic carbocycles. The van der Waals surface area contributed by atoms with Gasteiger partial charge in [-0.3, -0.25) is 0 Å². The normalized spacial score (nSPS) is 15.8. The van der Waals surface area contributed by atoms with Gasteiger partial charge in [0.2, 0.25) is 0 Å². The van der Waals surface area contributed by atoms with E-state index >= 15 is 0 Å². The van der Waals surface area contributed by atoms with Crippen molar-refractivity contribution >= 4 is 5.96 Å². The van der Waals surface area contributed by atoms with Crippen molar-refractivity contribution in [3.05, 3.63) is 41.5 Å². The Kier molecular flexibility index (Phi) is 7.17. The third-order valence-electron chi connectivity index (χ3n) is 5.15. The van der Waals surface area contributed by atoms with E-state index in [1.54, 1.807) is 12.1 Å². The first-order valence-electron chi connectivity index (χ1n) is 10.0. The zero-order valence-electron chi connectivity index (χ0n) is 17.2. The topological polar surface area (TPSA) is 76.4 Å². The number of guanidine groups is 1. The Morgan fingerprint density at radius 3 is 2.60 bits per heavy atom. The van der Waals surface area contributed by atoms with Crippen LogP contribution in [-0.2, 0) is 20.1 Å². The van der Waals surface area contributed by atoms with E-state index in [0.717, 1.165) is 37.3 Å². The summed E-state index contributed by atoms with van der Waals surface area (Å²) in [5.41, 5.74) is 0.356. The van der Waals surface area contributed by atoms with Crippen LogP contribution in [0.4, 0.5) is 13.2 Å². The monoisotopic (exact) mass is 424 g/mol. The molecule has 1 aromatic heterocycles. The molecule has 1 fully saturated rings. The van der Waals surface area contributed by atoms with Gasteiger partial charge in [0.1, 0.15) is 11.6 Å². The minimum absolute atomic E-state index is 0.0478. The SMILES string of the molecule is Cc1nnc(CNC(=NCc2ccccc2OC(F)(F)F)NC2CCCCC2)n1C. The summed E-state index contributed by atoms with van der Waals surface area (Å²) in [5, 5.41) is 14.8. The number of alkyl halides is 3. The third-order valence-corrected chi connectivity index (χ3v) is 5.15. The third kappa shape index (κ3) is 6.36. The standard InChI is InChI=1S/C20H27F3N6O/c1-14-27-28-18(29(14)2)13-25-19(26-16-9-4-3-5-10-16)24-12-15-8-6-7-11-17(15)30-20(21,22)23/h6-8,11,16H,3-5,9-10,12-13H2,1-2H3,(H2,24,25,26). The van der Waals surface area contributed by atoms with Crippen LogP contribution in [0, 0.1) is 6.92 Å². The van der Waals surface area contributed by atoms with Crippen molar-refractivity contribution in [2.45, 2.75) is 64.5 Å². The molecule has 1 heterocycles. The number of aliphatic imine (C=N–C) groups is 1. The number of para-hydroxylation sites is 1. The zero-order chi connectivity index (χ0) is 21.6. The molecular weight excluding hydrogens is 397 g/mol. The van der Waals surface area contributed by atoms with Crippen LogP contribution in [-0.4, -0.2) is 33.1 Å². The van der Waals surface area contributed by atoms with E-state index in [1.807, 2.05) is 18.5 Å². The van der Waals surface area contributed by atoms with Gasteiger partial charge in [0.15, 0.2) is 11.8 Å². The zero-order valence-corrected chi connectivity index (χ0v) is 17.2. The predicted octanol–water partition coefficient (Wildman–Crippen LogP) is 3.59. The van der Waals surface area contributed by atoms with Crippen LogP contribution in [0.25, 0.3) is 0 Å². The van der Waals surface area contributed by atoms with Gasteiger partial charge in [0.05, 0.1) is 13.1 Å². The summed E-state index contributed by atoms with van der Waals surface area (Å²) in [5.74, 6) is 1.83. The number of benzene rings is 1. The van der Waals surface area contributed by atoms with E-state index in [4.69, 9.17) is 0 Å². The van der Waals surface area contributed by atoms with Crippen LogP contribution in [0.15, 0.2) is 29.3 Å². The van der Waals surface area contributed by atoms with Gasteiger partial charge >= 0.3 is 6.36 Å². The number of hydrogen-bond acceptors (Lipinski definition) is 4. The number of aromatic nitrogens is 3. The van der Waals surface area contributed by atoms with E-state index in [-0.39, 0.29) is 18.3 Å². The summed E-state index contributed by atoms with van der Waals surface area (Å²) in [7, 11) is 1.88. The maximum atomic E-state index is 12.7. The Labute approximate surface area is 173 Å². The summed E-state index contributed by atoms with van der Waals surface area (Å²) < 4.78 is 44.0. The lowest BCUT2D eigenvalue weighted by Crippen LogP contribution is -2.44. The smallest absolute Gasteiger partial charge is 0.405 e. The fourth-order valence-corrected chi connectivity index (χ4v) is 3.38. The van der Waals surface area contributed by atoms with E-state index in [0.29, 0.717) is 18.1 Å². The molecular formula is C20H27F3N6O. The molecule has 3 rings (SSSR count). The molecule has 7 nitrogen and oxygen atoms in total. The summed E-state index contributed by atoms with van der Waals surface area (Å²) in [6.45, 7) is 2.31. The van der Waals surface area contributed by atoms with Crippen LogP contribution < -0.4 is 15.4 Å². The van der Waals surface area contributed by atoms with Crippen molar-refractivity contribution < 1.29 is 17.9 Å². The molecule has 0 atom stereocenters. The quantitative estimate of drug-likeness (QED) is 0.548. The molecule has 0 amide bonds. The molecule has 1 aliphatic rings. The van der Waals surface area contributed by atoms with Crippen LogP contribution >= 0.6 is 0 Å². The highest BCUT2D eigenvalue weighted by atomic mass is 19.4. The lowest BCUT2D eigenvalue weighted by molar-refractivity contribution is -0.274. The Morgan fingerprint density at radius 1 is 1.20 bits per heavy atom. The van der Waals surface area contributed by atoms with Crippen LogP contribution in [0.1, 0.15) is 49.3 Å². The number of rotatable bonds is 6. The van der Waals surface area contributed by atoms with Gasteiger partial charge in [0, 0.05) is 18.7 Å². The first kappa shape index (κ1) is 21.9. The second-order valence-corrected chi connectivity index (χ2v) is 7.38. The lowest BCUT2D eigenvalue weighted by Gasteiger charge is -2.25. The van der Waals surface area contributed by atoms with Gasteiger partial charge in [-0.1, -0.05) is 37.5 Å². The molecule has 0 unspecified atom stereocenters. The van der Waals surface area contributed by atoms with Crippen molar-refractivity contribution in [1.29, 1.82) is 0 Å². The van der Waals surface area contributed by atoms with Crippen molar-refractivity contribution in [3.8, 4) is 5.75 Å². The second-order valence-electron chi connectivity index (χ2n) is 7.38. The van der Waals surface area contributed by atoms with Crippen LogP contribution in [0.2, 0.25) is 0 Å². The Bertz CT molecular complexity index is 858. The maximum Gasteiger partial charge on any atom is 0.573 e. The molecule has 2 N–H and O–H groups in total. The largest absolute Gasteiger partial charge is 0.573 e. The Balaban J connectivity index is 1.73. The Hall–Kier alpha value is -2.78. The minimum atomic E-state index is -4.75. The molecule has 1 saturated carbocycles.